The Morgan fingerprint density at radius 1 is 1.16 bits per heavy atom. The summed E-state index contributed by atoms with van der Waals surface area (Å²) in [4.78, 5) is 31.8. The monoisotopic (exact) mass is 523 g/mol. The van der Waals surface area contributed by atoms with Crippen molar-refractivity contribution in [2.24, 2.45) is 0 Å². The van der Waals surface area contributed by atoms with Crippen LogP contribution in [0.3, 0.4) is 0 Å². The lowest BCUT2D eigenvalue weighted by Crippen LogP contribution is -2.31. The number of rotatable bonds is 10. The minimum absolute atomic E-state index is 0.0177. The van der Waals surface area contributed by atoms with Gasteiger partial charge in [0.2, 0.25) is 0 Å². The smallest absolute Gasteiger partial charge is 0.253 e. The molecule has 0 bridgehead atoms. The van der Waals surface area contributed by atoms with Gasteiger partial charge in [0.05, 0.1) is 31.5 Å². The van der Waals surface area contributed by atoms with E-state index in [0.29, 0.717) is 42.1 Å². The van der Waals surface area contributed by atoms with Crippen molar-refractivity contribution in [1.29, 1.82) is 5.41 Å². The predicted molar refractivity (Wildman–Crippen MR) is 152 cm³/mol. The summed E-state index contributed by atoms with van der Waals surface area (Å²) in [6.45, 7) is 9.71. The van der Waals surface area contributed by atoms with Crippen molar-refractivity contribution in [3.63, 3.8) is 0 Å². The van der Waals surface area contributed by atoms with Crippen molar-refractivity contribution in [2.75, 3.05) is 64.3 Å². The molecule has 0 fully saturated rings. The van der Waals surface area contributed by atoms with Crippen molar-refractivity contribution < 1.29 is 19.4 Å². The first-order valence-electron chi connectivity index (χ1n) is 12.9. The van der Waals surface area contributed by atoms with Gasteiger partial charge in [0, 0.05) is 63.2 Å². The maximum atomic E-state index is 13.7. The SMILES string of the molecule is CCN(CCO)c1cc(C(=O)CN2Cc3cc(N(C)C)c(C(=O)NC)cc3C2=N)cc(C(C)(C)C)c1OC. The highest BCUT2D eigenvalue weighted by Crippen LogP contribution is 2.40. The molecule has 1 aliphatic heterocycles. The fraction of sp³-hybridized carbons (Fsp3) is 0.483. The largest absolute Gasteiger partial charge is 0.494 e. The van der Waals surface area contributed by atoms with Crippen molar-refractivity contribution in [2.45, 2.75) is 39.7 Å². The molecule has 1 amide bonds. The topological polar surface area (TPSA) is 109 Å². The first-order chi connectivity index (χ1) is 17.9. The van der Waals surface area contributed by atoms with E-state index in [2.05, 4.69) is 26.1 Å². The second-order valence-corrected chi connectivity index (χ2v) is 10.8. The molecule has 0 radical (unpaired) electrons. The highest BCUT2D eigenvalue weighted by Gasteiger charge is 2.31. The van der Waals surface area contributed by atoms with Crippen LogP contribution >= 0.6 is 0 Å². The Bertz CT molecular complexity index is 1230. The summed E-state index contributed by atoms with van der Waals surface area (Å²) < 4.78 is 5.81. The van der Waals surface area contributed by atoms with Crippen LogP contribution in [0.2, 0.25) is 0 Å². The number of methoxy groups -OCH3 is 1. The third kappa shape index (κ3) is 5.62. The number of ether oxygens (including phenoxy) is 1. The molecule has 0 aliphatic carbocycles. The van der Waals surface area contributed by atoms with Crippen LogP contribution in [0.15, 0.2) is 24.3 Å². The number of likely N-dealkylation sites (N-methyl/N-ethyl adjacent to an activating group) is 1. The molecule has 1 aliphatic rings. The van der Waals surface area contributed by atoms with E-state index in [0.717, 1.165) is 22.5 Å². The summed E-state index contributed by atoms with van der Waals surface area (Å²) in [5.41, 5.74) is 4.75. The van der Waals surface area contributed by atoms with E-state index in [1.807, 2.05) is 49.0 Å². The molecule has 0 saturated carbocycles. The Morgan fingerprint density at radius 2 is 1.84 bits per heavy atom. The van der Waals surface area contributed by atoms with Crippen molar-refractivity contribution in [3.05, 3.63) is 52.1 Å². The van der Waals surface area contributed by atoms with Crippen molar-refractivity contribution >= 4 is 28.9 Å². The minimum Gasteiger partial charge on any atom is -0.494 e. The van der Waals surface area contributed by atoms with Gasteiger partial charge in [0.15, 0.2) is 5.78 Å². The van der Waals surface area contributed by atoms with E-state index in [1.165, 1.54) is 0 Å². The van der Waals surface area contributed by atoms with Gasteiger partial charge in [0.1, 0.15) is 11.6 Å². The number of aliphatic hydroxyl groups excluding tert-OH is 1. The normalized spacial score (nSPS) is 12.9. The average Bonchev–Trinajstić information content (AvgIpc) is 3.18. The molecule has 0 spiro atoms. The van der Waals surface area contributed by atoms with E-state index in [-0.39, 0.29) is 36.1 Å². The third-order valence-electron chi connectivity index (χ3n) is 6.94. The molecular formula is C29H41N5O4. The number of amidine groups is 1. The van der Waals surface area contributed by atoms with E-state index in [4.69, 9.17) is 10.1 Å². The fourth-order valence-electron chi connectivity index (χ4n) is 4.87. The maximum Gasteiger partial charge on any atom is 0.253 e. The molecular weight excluding hydrogens is 482 g/mol. The first kappa shape index (κ1) is 29.0. The van der Waals surface area contributed by atoms with Gasteiger partial charge >= 0.3 is 0 Å². The van der Waals surface area contributed by atoms with Crippen molar-refractivity contribution in [1.82, 2.24) is 10.2 Å². The van der Waals surface area contributed by atoms with Gasteiger partial charge in [-0.25, -0.2) is 0 Å². The number of fused-ring (bicyclic) bond motifs is 1. The van der Waals surface area contributed by atoms with Crippen LogP contribution in [0.4, 0.5) is 11.4 Å². The second-order valence-electron chi connectivity index (χ2n) is 10.8. The lowest BCUT2D eigenvalue weighted by atomic mass is 9.84. The number of Topliss-reactive ketones (excluding diaryl/α,β-unsaturated/α-hetero) is 1. The molecule has 0 atom stereocenters. The highest BCUT2D eigenvalue weighted by molar-refractivity contribution is 6.08. The number of hydrogen-bond acceptors (Lipinski definition) is 7. The van der Waals surface area contributed by atoms with Crippen LogP contribution in [0.1, 0.15) is 65.1 Å². The van der Waals surface area contributed by atoms with Crippen LogP contribution in [-0.2, 0) is 12.0 Å². The number of nitrogens with one attached hydrogen (secondary N) is 2. The van der Waals surface area contributed by atoms with Gasteiger partial charge in [-0.3, -0.25) is 15.0 Å². The van der Waals surface area contributed by atoms with Crippen LogP contribution in [0.25, 0.3) is 0 Å². The van der Waals surface area contributed by atoms with Crippen molar-refractivity contribution in [3.8, 4) is 5.75 Å². The maximum absolute atomic E-state index is 13.7. The lowest BCUT2D eigenvalue weighted by molar-refractivity contribution is 0.0955. The highest BCUT2D eigenvalue weighted by atomic mass is 16.5. The van der Waals surface area contributed by atoms with E-state index >= 15 is 0 Å². The number of hydrogen-bond donors (Lipinski definition) is 3. The number of carbonyl (C=O) groups excluding carboxylic acids is 2. The van der Waals surface area contributed by atoms with Crippen LogP contribution in [0.5, 0.6) is 5.75 Å². The molecule has 0 saturated heterocycles. The molecule has 2 aromatic rings. The quantitative estimate of drug-likeness (QED) is 0.410. The van der Waals surface area contributed by atoms with Gasteiger partial charge in [0.25, 0.3) is 5.91 Å². The summed E-state index contributed by atoms with van der Waals surface area (Å²) >= 11 is 0. The Labute approximate surface area is 225 Å². The van der Waals surface area contributed by atoms with Gasteiger partial charge < -0.3 is 29.9 Å². The van der Waals surface area contributed by atoms with Gasteiger partial charge in [-0.05, 0) is 42.2 Å². The summed E-state index contributed by atoms with van der Waals surface area (Å²) in [5.74, 6) is 0.590. The zero-order valence-corrected chi connectivity index (χ0v) is 23.9. The van der Waals surface area contributed by atoms with Gasteiger partial charge in [-0.2, -0.15) is 0 Å². The Morgan fingerprint density at radius 3 is 2.37 bits per heavy atom. The Kier molecular flexibility index (Phi) is 8.72. The van der Waals surface area contributed by atoms with E-state index < -0.39 is 0 Å². The number of nitrogens with zero attached hydrogens (tertiary/aromatic N) is 3. The van der Waals surface area contributed by atoms with Gasteiger partial charge in [-0.15, -0.1) is 0 Å². The fourth-order valence-corrected chi connectivity index (χ4v) is 4.87. The predicted octanol–water partition coefficient (Wildman–Crippen LogP) is 3.26. The number of carbonyl (C=O) groups is 2. The summed E-state index contributed by atoms with van der Waals surface area (Å²) in [7, 11) is 6.96. The zero-order valence-electron chi connectivity index (χ0n) is 23.9. The molecule has 9 nitrogen and oxygen atoms in total. The molecule has 0 unspecified atom stereocenters. The molecule has 9 heteroatoms. The Hall–Kier alpha value is -3.59. The number of ketones is 1. The molecule has 2 aromatic carbocycles. The van der Waals surface area contributed by atoms with E-state index in [1.54, 1.807) is 25.1 Å². The molecule has 0 aromatic heterocycles. The molecule has 3 N–H and O–H groups in total. The molecule has 206 valence electrons. The second kappa shape index (κ2) is 11.4. The average molecular weight is 524 g/mol. The summed E-state index contributed by atoms with van der Waals surface area (Å²) in [5, 5.41) is 21.1. The molecule has 3 rings (SSSR count). The standard InChI is InChI=1S/C29H41N5O4/c1-9-33(10-11-35)24-13-18(12-22(26(24)38-8)29(2,3)4)25(36)17-34-16-19-14-23(32(6)7)21(28(37)31-5)15-20(19)27(34)30/h12-15,30,35H,9-11,16-17H2,1-8H3,(H,31,37). The van der Waals surface area contributed by atoms with E-state index in [9.17, 15) is 14.7 Å². The minimum atomic E-state index is -0.287. The van der Waals surface area contributed by atoms with Crippen LogP contribution in [0, 0.1) is 5.41 Å². The Balaban J connectivity index is 2.00. The summed E-state index contributed by atoms with van der Waals surface area (Å²) in [6.07, 6.45) is 0. The first-order valence-corrected chi connectivity index (χ1v) is 12.9. The summed E-state index contributed by atoms with van der Waals surface area (Å²) in [6, 6.07) is 7.39. The van der Waals surface area contributed by atoms with Crippen LogP contribution < -0.4 is 19.9 Å². The van der Waals surface area contributed by atoms with Crippen LogP contribution in [-0.4, -0.2) is 82.0 Å². The number of amides is 1. The third-order valence-corrected chi connectivity index (χ3v) is 6.94. The molecule has 1 heterocycles. The number of aliphatic hydroxyl groups is 1. The number of benzene rings is 2. The number of anilines is 2. The zero-order chi connectivity index (χ0) is 28.4. The van der Waals surface area contributed by atoms with Gasteiger partial charge in [-0.1, -0.05) is 20.8 Å². The lowest BCUT2D eigenvalue weighted by Gasteiger charge is -2.30. The molecule has 38 heavy (non-hydrogen) atoms.